The molecule has 0 bridgehead atoms. The lowest BCUT2D eigenvalue weighted by molar-refractivity contribution is 0.0762. The largest absolute Gasteiger partial charge is 0.497 e. The number of rotatable bonds is 4. The standard InChI is InChI=1S/C15H21N3O2/c1-3-18-14-5-4-12(19-2)9-13(14)17-15(18)8-11-10-20-7-6-16-11/h4-5,9,11,16H,3,6-8,10H2,1-2H3. The van der Waals surface area contributed by atoms with Crippen molar-refractivity contribution < 1.29 is 9.47 Å². The molecule has 0 radical (unpaired) electrons. The van der Waals surface area contributed by atoms with Crippen molar-refractivity contribution in [1.82, 2.24) is 14.9 Å². The second-order valence-electron chi connectivity index (χ2n) is 5.06. The van der Waals surface area contributed by atoms with Crippen LogP contribution in [0.3, 0.4) is 0 Å². The number of ether oxygens (including phenoxy) is 2. The predicted molar refractivity (Wildman–Crippen MR) is 78.3 cm³/mol. The van der Waals surface area contributed by atoms with Gasteiger partial charge in [-0.2, -0.15) is 0 Å². The Morgan fingerprint density at radius 2 is 2.40 bits per heavy atom. The molecule has 0 amide bonds. The predicted octanol–water partition coefficient (Wildman–Crippen LogP) is 1.60. The molecular weight excluding hydrogens is 254 g/mol. The van der Waals surface area contributed by atoms with Crippen LogP contribution in [0.25, 0.3) is 11.0 Å². The highest BCUT2D eigenvalue weighted by molar-refractivity contribution is 5.77. The number of aryl methyl sites for hydroxylation is 1. The minimum Gasteiger partial charge on any atom is -0.497 e. The van der Waals surface area contributed by atoms with Crippen molar-refractivity contribution in [3.05, 3.63) is 24.0 Å². The Labute approximate surface area is 118 Å². The summed E-state index contributed by atoms with van der Waals surface area (Å²) in [6, 6.07) is 6.42. The molecule has 0 saturated carbocycles. The Balaban J connectivity index is 1.92. The Morgan fingerprint density at radius 3 is 3.10 bits per heavy atom. The molecule has 1 N–H and O–H groups in total. The van der Waals surface area contributed by atoms with E-state index in [1.165, 1.54) is 5.52 Å². The molecule has 1 aromatic heterocycles. The van der Waals surface area contributed by atoms with Crippen molar-refractivity contribution in [1.29, 1.82) is 0 Å². The van der Waals surface area contributed by atoms with E-state index in [0.29, 0.717) is 6.04 Å². The van der Waals surface area contributed by atoms with Crippen LogP contribution in [-0.2, 0) is 17.7 Å². The van der Waals surface area contributed by atoms with Crippen LogP contribution in [0.15, 0.2) is 18.2 Å². The van der Waals surface area contributed by atoms with Crippen molar-refractivity contribution in [3.63, 3.8) is 0 Å². The lowest BCUT2D eigenvalue weighted by Gasteiger charge is -2.23. The van der Waals surface area contributed by atoms with Crippen LogP contribution in [0.2, 0.25) is 0 Å². The zero-order valence-electron chi connectivity index (χ0n) is 12.1. The first-order chi connectivity index (χ1) is 9.81. The number of fused-ring (bicyclic) bond motifs is 1. The van der Waals surface area contributed by atoms with E-state index < -0.39 is 0 Å². The van der Waals surface area contributed by atoms with Gasteiger partial charge in [0.2, 0.25) is 0 Å². The van der Waals surface area contributed by atoms with Gasteiger partial charge in [-0.15, -0.1) is 0 Å². The summed E-state index contributed by atoms with van der Waals surface area (Å²) >= 11 is 0. The van der Waals surface area contributed by atoms with E-state index >= 15 is 0 Å². The molecule has 0 spiro atoms. The number of morpholine rings is 1. The third kappa shape index (κ3) is 2.51. The van der Waals surface area contributed by atoms with Gasteiger partial charge in [-0.25, -0.2) is 4.98 Å². The first kappa shape index (κ1) is 13.4. The fourth-order valence-corrected chi connectivity index (χ4v) is 2.77. The molecule has 0 aliphatic carbocycles. The maximum absolute atomic E-state index is 5.52. The molecule has 2 heterocycles. The minimum absolute atomic E-state index is 0.354. The topological polar surface area (TPSA) is 48.3 Å². The van der Waals surface area contributed by atoms with Gasteiger partial charge >= 0.3 is 0 Å². The maximum Gasteiger partial charge on any atom is 0.121 e. The van der Waals surface area contributed by atoms with Gasteiger partial charge in [-0.3, -0.25) is 0 Å². The number of nitrogens with zero attached hydrogens (tertiary/aromatic N) is 2. The maximum atomic E-state index is 5.52. The third-order valence-corrected chi connectivity index (χ3v) is 3.78. The average Bonchev–Trinajstić information content (AvgIpc) is 2.84. The summed E-state index contributed by atoms with van der Waals surface area (Å²) in [5.41, 5.74) is 2.16. The summed E-state index contributed by atoms with van der Waals surface area (Å²) in [6.45, 7) is 5.56. The third-order valence-electron chi connectivity index (χ3n) is 3.78. The second kappa shape index (κ2) is 5.81. The molecule has 2 aromatic rings. The van der Waals surface area contributed by atoms with Gasteiger partial charge in [0, 0.05) is 31.6 Å². The fraction of sp³-hybridized carbons (Fsp3) is 0.533. The molecule has 1 fully saturated rings. The molecular formula is C15H21N3O2. The number of hydrogen-bond donors (Lipinski definition) is 1. The van der Waals surface area contributed by atoms with Crippen molar-refractivity contribution in [2.45, 2.75) is 25.9 Å². The van der Waals surface area contributed by atoms with Gasteiger partial charge < -0.3 is 19.4 Å². The van der Waals surface area contributed by atoms with Crippen LogP contribution >= 0.6 is 0 Å². The lowest BCUT2D eigenvalue weighted by Crippen LogP contribution is -2.43. The van der Waals surface area contributed by atoms with Gasteiger partial charge in [-0.05, 0) is 19.1 Å². The molecule has 5 nitrogen and oxygen atoms in total. The fourth-order valence-electron chi connectivity index (χ4n) is 2.77. The minimum atomic E-state index is 0.354. The molecule has 20 heavy (non-hydrogen) atoms. The Hall–Kier alpha value is -1.59. The number of hydrogen-bond acceptors (Lipinski definition) is 4. The van der Waals surface area contributed by atoms with E-state index in [2.05, 4.69) is 22.9 Å². The van der Waals surface area contributed by atoms with E-state index in [1.807, 2.05) is 12.1 Å². The molecule has 108 valence electrons. The molecule has 1 saturated heterocycles. The lowest BCUT2D eigenvalue weighted by atomic mass is 10.2. The van der Waals surface area contributed by atoms with E-state index in [4.69, 9.17) is 14.5 Å². The van der Waals surface area contributed by atoms with E-state index in [0.717, 1.165) is 49.8 Å². The van der Waals surface area contributed by atoms with Crippen LogP contribution in [0.5, 0.6) is 5.75 Å². The monoisotopic (exact) mass is 275 g/mol. The molecule has 3 rings (SSSR count). The van der Waals surface area contributed by atoms with Gasteiger partial charge in [-0.1, -0.05) is 0 Å². The zero-order chi connectivity index (χ0) is 13.9. The summed E-state index contributed by atoms with van der Waals surface area (Å²) in [7, 11) is 1.68. The first-order valence-corrected chi connectivity index (χ1v) is 7.16. The number of methoxy groups -OCH3 is 1. The normalized spacial score (nSPS) is 19.4. The summed E-state index contributed by atoms with van der Waals surface area (Å²) in [6.07, 6.45) is 0.894. The average molecular weight is 275 g/mol. The molecule has 1 aliphatic rings. The second-order valence-corrected chi connectivity index (χ2v) is 5.06. The van der Waals surface area contributed by atoms with Crippen molar-refractivity contribution in [3.8, 4) is 5.75 Å². The van der Waals surface area contributed by atoms with Crippen LogP contribution in [0, 0.1) is 0 Å². The summed E-state index contributed by atoms with van der Waals surface area (Å²) in [4.78, 5) is 4.77. The smallest absolute Gasteiger partial charge is 0.121 e. The summed E-state index contributed by atoms with van der Waals surface area (Å²) in [5.74, 6) is 1.96. The summed E-state index contributed by atoms with van der Waals surface area (Å²) < 4.78 is 13.1. The Bertz CT molecular complexity index is 588. The van der Waals surface area contributed by atoms with Crippen molar-refractivity contribution in [2.24, 2.45) is 0 Å². The molecule has 5 heteroatoms. The number of aromatic nitrogens is 2. The quantitative estimate of drug-likeness (QED) is 0.920. The van der Waals surface area contributed by atoms with E-state index in [-0.39, 0.29) is 0 Å². The highest BCUT2D eigenvalue weighted by Gasteiger charge is 2.18. The molecule has 1 atom stereocenters. The Kier molecular flexibility index (Phi) is 3.89. The van der Waals surface area contributed by atoms with E-state index in [9.17, 15) is 0 Å². The van der Waals surface area contributed by atoms with Crippen LogP contribution in [0.1, 0.15) is 12.7 Å². The summed E-state index contributed by atoms with van der Waals surface area (Å²) in [5, 5.41) is 3.48. The van der Waals surface area contributed by atoms with Gasteiger partial charge in [0.25, 0.3) is 0 Å². The van der Waals surface area contributed by atoms with Gasteiger partial charge in [0.1, 0.15) is 11.6 Å². The molecule has 1 unspecified atom stereocenters. The number of imidazole rings is 1. The SMILES string of the molecule is CCn1c(CC2COCCN2)nc2cc(OC)ccc21. The highest BCUT2D eigenvalue weighted by atomic mass is 16.5. The van der Waals surface area contributed by atoms with Crippen LogP contribution in [-0.4, -0.2) is 42.5 Å². The number of benzene rings is 1. The van der Waals surface area contributed by atoms with Crippen molar-refractivity contribution >= 4 is 11.0 Å². The number of nitrogens with one attached hydrogen (secondary N) is 1. The van der Waals surface area contributed by atoms with E-state index in [1.54, 1.807) is 7.11 Å². The van der Waals surface area contributed by atoms with Crippen LogP contribution in [0.4, 0.5) is 0 Å². The highest BCUT2D eigenvalue weighted by Crippen LogP contribution is 2.22. The van der Waals surface area contributed by atoms with Gasteiger partial charge in [0.15, 0.2) is 0 Å². The zero-order valence-corrected chi connectivity index (χ0v) is 12.1. The molecule has 1 aliphatic heterocycles. The molecule has 1 aromatic carbocycles. The van der Waals surface area contributed by atoms with Crippen LogP contribution < -0.4 is 10.1 Å². The van der Waals surface area contributed by atoms with Crippen molar-refractivity contribution in [2.75, 3.05) is 26.9 Å². The first-order valence-electron chi connectivity index (χ1n) is 7.16. The Morgan fingerprint density at radius 1 is 1.50 bits per heavy atom. The van der Waals surface area contributed by atoms with Gasteiger partial charge in [0.05, 0.1) is 31.4 Å².